The predicted octanol–water partition coefficient (Wildman–Crippen LogP) is 6.29. The lowest BCUT2D eigenvalue weighted by Crippen LogP contribution is -2.27. The Morgan fingerprint density at radius 3 is 2.02 bits per heavy atom. The molecular weight excluding hydrogens is 604 g/mol. The summed E-state index contributed by atoms with van der Waals surface area (Å²) >= 11 is 0. The zero-order valence-corrected chi connectivity index (χ0v) is 28.1. The SMILES string of the molecule is COc1cccc(-c2nc(-c3cc(C)cc(C)c3)n(Cc3ccc(C(=O)NCCOCCOCCN)cc3)c2-c2cccc(OC)c2)c1. The van der Waals surface area contributed by atoms with E-state index in [9.17, 15) is 4.79 Å². The molecule has 0 saturated carbocycles. The maximum Gasteiger partial charge on any atom is 0.251 e. The largest absolute Gasteiger partial charge is 0.497 e. The van der Waals surface area contributed by atoms with E-state index in [0.717, 1.165) is 62.1 Å². The summed E-state index contributed by atoms with van der Waals surface area (Å²) in [5.41, 5.74) is 14.1. The minimum Gasteiger partial charge on any atom is -0.497 e. The molecule has 0 aliphatic rings. The van der Waals surface area contributed by atoms with E-state index in [4.69, 9.17) is 29.7 Å². The topological polar surface area (TPSA) is 110 Å². The number of rotatable bonds is 16. The highest BCUT2D eigenvalue weighted by Gasteiger charge is 2.23. The van der Waals surface area contributed by atoms with Gasteiger partial charge in [0, 0.05) is 41.9 Å². The maximum absolute atomic E-state index is 12.9. The van der Waals surface area contributed by atoms with Gasteiger partial charge in [0.25, 0.3) is 5.91 Å². The van der Waals surface area contributed by atoms with Crippen LogP contribution in [-0.2, 0) is 16.0 Å². The van der Waals surface area contributed by atoms with Crippen LogP contribution in [0.25, 0.3) is 33.9 Å². The van der Waals surface area contributed by atoms with Gasteiger partial charge in [-0.05, 0) is 67.9 Å². The second-order valence-electron chi connectivity index (χ2n) is 11.5. The van der Waals surface area contributed by atoms with E-state index < -0.39 is 0 Å². The highest BCUT2D eigenvalue weighted by molar-refractivity contribution is 5.94. The Balaban J connectivity index is 1.49. The first-order valence-electron chi connectivity index (χ1n) is 16.1. The number of hydrogen-bond acceptors (Lipinski definition) is 7. The van der Waals surface area contributed by atoms with Crippen molar-refractivity contribution in [2.45, 2.75) is 20.4 Å². The van der Waals surface area contributed by atoms with Crippen LogP contribution in [0.1, 0.15) is 27.0 Å². The molecule has 9 heteroatoms. The molecule has 0 unspecified atom stereocenters. The van der Waals surface area contributed by atoms with E-state index in [2.05, 4.69) is 54.1 Å². The number of nitrogens with two attached hydrogens (primary N) is 1. The Morgan fingerprint density at radius 2 is 1.38 bits per heavy atom. The molecule has 48 heavy (non-hydrogen) atoms. The number of imidazole rings is 1. The molecule has 0 radical (unpaired) electrons. The fourth-order valence-electron chi connectivity index (χ4n) is 5.65. The van der Waals surface area contributed by atoms with E-state index in [1.807, 2.05) is 60.7 Å². The van der Waals surface area contributed by atoms with Crippen molar-refractivity contribution >= 4 is 5.91 Å². The van der Waals surface area contributed by atoms with Gasteiger partial charge in [-0.3, -0.25) is 4.79 Å². The van der Waals surface area contributed by atoms with Gasteiger partial charge in [-0.2, -0.15) is 0 Å². The van der Waals surface area contributed by atoms with Gasteiger partial charge in [0.15, 0.2) is 0 Å². The van der Waals surface area contributed by atoms with Crippen molar-refractivity contribution in [3.63, 3.8) is 0 Å². The van der Waals surface area contributed by atoms with Crippen molar-refractivity contribution in [3.8, 4) is 45.4 Å². The lowest BCUT2D eigenvalue weighted by Gasteiger charge is -2.15. The molecule has 250 valence electrons. The van der Waals surface area contributed by atoms with Crippen molar-refractivity contribution < 1.29 is 23.7 Å². The molecule has 0 saturated heterocycles. The van der Waals surface area contributed by atoms with E-state index in [0.29, 0.717) is 51.6 Å². The normalized spacial score (nSPS) is 11.0. The second kappa shape index (κ2) is 16.7. The Labute approximate surface area is 282 Å². The summed E-state index contributed by atoms with van der Waals surface area (Å²) in [6.07, 6.45) is 0. The minimum absolute atomic E-state index is 0.152. The number of carbonyl (C=O) groups is 1. The zero-order chi connectivity index (χ0) is 33.9. The molecular formula is C39H44N4O5. The van der Waals surface area contributed by atoms with Crippen molar-refractivity contribution in [3.05, 3.63) is 113 Å². The summed E-state index contributed by atoms with van der Waals surface area (Å²) in [5.74, 6) is 2.20. The van der Waals surface area contributed by atoms with Crippen LogP contribution in [-0.4, -0.2) is 69.2 Å². The van der Waals surface area contributed by atoms with E-state index in [1.165, 1.54) is 0 Å². The molecule has 0 spiro atoms. The molecule has 0 bridgehead atoms. The van der Waals surface area contributed by atoms with Gasteiger partial charge in [-0.1, -0.05) is 53.6 Å². The number of methoxy groups -OCH3 is 2. The van der Waals surface area contributed by atoms with Gasteiger partial charge < -0.3 is 34.6 Å². The molecule has 4 aromatic carbocycles. The summed E-state index contributed by atoms with van der Waals surface area (Å²) in [7, 11) is 3.34. The average Bonchev–Trinajstić information content (AvgIpc) is 3.48. The molecule has 0 aliphatic heterocycles. The van der Waals surface area contributed by atoms with Crippen molar-refractivity contribution in [1.82, 2.24) is 14.9 Å². The fraction of sp³-hybridized carbons (Fsp3) is 0.282. The quantitative estimate of drug-likeness (QED) is 0.121. The van der Waals surface area contributed by atoms with Crippen LogP contribution in [0.3, 0.4) is 0 Å². The highest BCUT2D eigenvalue weighted by Crippen LogP contribution is 2.39. The fourth-order valence-corrected chi connectivity index (χ4v) is 5.65. The molecule has 0 aliphatic carbocycles. The predicted molar refractivity (Wildman–Crippen MR) is 190 cm³/mol. The number of nitrogens with zero attached hydrogens (tertiary/aromatic N) is 2. The van der Waals surface area contributed by atoms with Gasteiger partial charge in [0.2, 0.25) is 0 Å². The number of hydrogen-bond donors (Lipinski definition) is 2. The van der Waals surface area contributed by atoms with Crippen LogP contribution in [0.15, 0.2) is 91.0 Å². The van der Waals surface area contributed by atoms with Crippen LogP contribution < -0.4 is 20.5 Å². The number of aromatic nitrogens is 2. The summed E-state index contributed by atoms with van der Waals surface area (Å²) in [6, 6.07) is 30.2. The van der Waals surface area contributed by atoms with E-state index >= 15 is 0 Å². The summed E-state index contributed by atoms with van der Waals surface area (Å²) in [5, 5.41) is 2.92. The smallest absolute Gasteiger partial charge is 0.251 e. The molecule has 1 aromatic heterocycles. The molecule has 1 heterocycles. The van der Waals surface area contributed by atoms with Gasteiger partial charge in [-0.25, -0.2) is 4.98 Å². The van der Waals surface area contributed by atoms with Gasteiger partial charge in [0.05, 0.1) is 52.0 Å². The zero-order valence-electron chi connectivity index (χ0n) is 28.1. The van der Waals surface area contributed by atoms with Crippen molar-refractivity contribution in [1.29, 1.82) is 0 Å². The van der Waals surface area contributed by atoms with Crippen molar-refractivity contribution in [2.75, 3.05) is 53.7 Å². The molecule has 0 fully saturated rings. The summed E-state index contributed by atoms with van der Waals surface area (Å²) < 4.78 is 24.3. The van der Waals surface area contributed by atoms with Crippen LogP contribution in [0, 0.1) is 13.8 Å². The third kappa shape index (κ3) is 8.68. The first-order chi connectivity index (χ1) is 23.4. The van der Waals surface area contributed by atoms with Crippen LogP contribution in [0.4, 0.5) is 0 Å². The van der Waals surface area contributed by atoms with Gasteiger partial charge >= 0.3 is 0 Å². The Bertz CT molecular complexity index is 1800. The number of ether oxygens (including phenoxy) is 4. The second-order valence-corrected chi connectivity index (χ2v) is 11.5. The number of carbonyl (C=O) groups excluding carboxylic acids is 1. The lowest BCUT2D eigenvalue weighted by molar-refractivity contribution is 0.0511. The molecule has 0 atom stereocenters. The number of aryl methyl sites for hydroxylation is 2. The van der Waals surface area contributed by atoms with Gasteiger partial charge in [-0.15, -0.1) is 0 Å². The van der Waals surface area contributed by atoms with E-state index in [1.54, 1.807) is 14.2 Å². The van der Waals surface area contributed by atoms with Crippen molar-refractivity contribution in [2.24, 2.45) is 5.73 Å². The maximum atomic E-state index is 12.9. The number of nitrogens with one attached hydrogen (secondary N) is 1. The van der Waals surface area contributed by atoms with Crippen LogP contribution in [0.5, 0.6) is 11.5 Å². The third-order valence-electron chi connectivity index (χ3n) is 7.86. The molecule has 3 N–H and O–H groups in total. The Kier molecular flexibility index (Phi) is 12.0. The number of benzene rings is 4. The standard InChI is InChI=1S/C39H44N4O5/c1-27-21-28(2)23-33(22-27)38-42-36(31-7-5-9-34(24-31)45-3)37(32-8-6-10-35(25-32)46-4)43(38)26-29-11-13-30(14-12-29)39(44)41-16-18-48-20-19-47-17-15-40/h5-14,21-25H,15-20,26,40H2,1-4H3,(H,41,44). The van der Waals surface area contributed by atoms with Crippen LogP contribution >= 0.6 is 0 Å². The average molecular weight is 649 g/mol. The monoisotopic (exact) mass is 648 g/mol. The highest BCUT2D eigenvalue weighted by atomic mass is 16.5. The molecule has 5 aromatic rings. The van der Waals surface area contributed by atoms with Crippen LogP contribution in [0.2, 0.25) is 0 Å². The summed E-state index contributed by atoms with van der Waals surface area (Å²) in [4.78, 5) is 18.2. The Morgan fingerprint density at radius 1 is 0.750 bits per heavy atom. The third-order valence-corrected chi connectivity index (χ3v) is 7.86. The molecule has 5 rings (SSSR count). The lowest BCUT2D eigenvalue weighted by atomic mass is 10.0. The molecule has 1 amide bonds. The minimum atomic E-state index is -0.152. The first kappa shape index (κ1) is 34.4. The number of amides is 1. The van der Waals surface area contributed by atoms with Gasteiger partial charge in [0.1, 0.15) is 17.3 Å². The first-order valence-corrected chi connectivity index (χ1v) is 16.1. The Hall–Kier alpha value is -4.96. The summed E-state index contributed by atoms with van der Waals surface area (Å²) in [6.45, 7) is 7.47. The molecule has 9 nitrogen and oxygen atoms in total. The van der Waals surface area contributed by atoms with E-state index in [-0.39, 0.29) is 5.91 Å².